The molecule has 0 fully saturated rings. The first-order valence-electron chi connectivity index (χ1n) is 10.1. The Bertz CT molecular complexity index is 597. The molecule has 2 atom stereocenters. The zero-order valence-electron chi connectivity index (χ0n) is 17.5. The van der Waals surface area contributed by atoms with Crippen LogP contribution in [0.15, 0.2) is 60.7 Å². The first-order chi connectivity index (χ1) is 12.5. The SMILES string of the molecule is CCN(CC)[Si](C)(c1ccccc1)[Si](C)(c1ccccc1)N(CC)CC. The molecule has 4 heteroatoms. The Morgan fingerprint density at radius 3 is 1.04 bits per heavy atom. The van der Waals surface area contributed by atoms with Gasteiger partial charge in [-0.15, -0.1) is 0 Å². The lowest BCUT2D eigenvalue weighted by molar-refractivity contribution is 0.453. The van der Waals surface area contributed by atoms with E-state index in [9.17, 15) is 0 Å². The standard InChI is InChI=1S/C22H36N2Si2/c1-7-23(8-2)25(5,21-17-13-11-14-18-21)26(6,24(9-3)10-4)22-19-15-12-16-20-22/h11-20H,7-10H2,1-6H3. The van der Waals surface area contributed by atoms with Gasteiger partial charge >= 0.3 is 0 Å². The van der Waals surface area contributed by atoms with Crippen LogP contribution in [-0.2, 0) is 0 Å². The Labute approximate surface area is 162 Å². The summed E-state index contributed by atoms with van der Waals surface area (Å²) < 4.78 is 5.64. The Hall–Kier alpha value is -1.21. The second kappa shape index (κ2) is 9.13. The maximum atomic E-state index is 2.82. The Morgan fingerprint density at radius 2 is 0.808 bits per heavy atom. The molecule has 142 valence electrons. The van der Waals surface area contributed by atoms with Crippen LogP contribution in [0.25, 0.3) is 0 Å². The van der Waals surface area contributed by atoms with Crippen LogP contribution in [0.2, 0.25) is 13.1 Å². The van der Waals surface area contributed by atoms with E-state index >= 15 is 0 Å². The molecule has 2 aromatic rings. The molecule has 0 saturated heterocycles. The number of rotatable bonds is 9. The van der Waals surface area contributed by atoms with Crippen molar-refractivity contribution in [3.8, 4) is 0 Å². The van der Waals surface area contributed by atoms with Gasteiger partial charge < -0.3 is 9.13 Å². The van der Waals surface area contributed by atoms with Crippen LogP contribution >= 0.6 is 0 Å². The molecule has 0 amide bonds. The molecule has 2 nitrogen and oxygen atoms in total. The highest BCUT2D eigenvalue weighted by Gasteiger charge is 2.57. The lowest BCUT2D eigenvalue weighted by Gasteiger charge is -2.54. The molecule has 0 aliphatic rings. The van der Waals surface area contributed by atoms with Crippen LogP contribution in [0.1, 0.15) is 27.7 Å². The van der Waals surface area contributed by atoms with E-state index < -0.39 is 15.5 Å². The van der Waals surface area contributed by atoms with Crippen LogP contribution in [0.4, 0.5) is 0 Å². The van der Waals surface area contributed by atoms with Crippen LogP contribution in [0, 0.1) is 0 Å². The molecule has 0 aromatic heterocycles. The summed E-state index contributed by atoms with van der Waals surface area (Å²) in [5, 5.41) is 3.15. The second-order valence-corrected chi connectivity index (χ2v) is 19.8. The zero-order valence-corrected chi connectivity index (χ0v) is 19.5. The maximum absolute atomic E-state index is 2.82. The van der Waals surface area contributed by atoms with E-state index in [4.69, 9.17) is 0 Å². The molecule has 0 spiro atoms. The predicted octanol–water partition coefficient (Wildman–Crippen LogP) is 3.71. The lowest BCUT2D eigenvalue weighted by atomic mass is 10.4. The van der Waals surface area contributed by atoms with Gasteiger partial charge in [0.05, 0.1) is 0 Å². The highest BCUT2D eigenvalue weighted by molar-refractivity contribution is 7.48. The average Bonchev–Trinajstić information content (AvgIpc) is 2.70. The molecule has 0 saturated carbocycles. The highest BCUT2D eigenvalue weighted by Crippen LogP contribution is 2.27. The topological polar surface area (TPSA) is 6.48 Å². The van der Waals surface area contributed by atoms with E-state index in [0.29, 0.717) is 0 Å². The fourth-order valence-electron chi connectivity index (χ4n) is 4.78. The van der Waals surface area contributed by atoms with Crippen molar-refractivity contribution in [3.63, 3.8) is 0 Å². The molecular weight excluding hydrogens is 348 g/mol. The third kappa shape index (κ3) is 3.48. The van der Waals surface area contributed by atoms with Crippen LogP contribution in [-0.4, -0.2) is 50.8 Å². The van der Waals surface area contributed by atoms with E-state index in [0.717, 1.165) is 26.2 Å². The second-order valence-electron chi connectivity index (χ2n) is 7.22. The minimum absolute atomic E-state index is 1.12. The normalized spacial score (nSPS) is 16.5. The summed E-state index contributed by atoms with van der Waals surface area (Å²) in [6.45, 7) is 19.1. The smallest absolute Gasteiger partial charge is 0.169 e. The number of benzene rings is 2. The molecule has 2 unspecified atom stereocenters. The summed E-state index contributed by atoms with van der Waals surface area (Å²) in [6, 6.07) is 22.8. The van der Waals surface area contributed by atoms with Crippen molar-refractivity contribution in [2.24, 2.45) is 0 Å². The van der Waals surface area contributed by atoms with Crippen molar-refractivity contribution >= 4 is 25.9 Å². The van der Waals surface area contributed by atoms with Crippen molar-refractivity contribution < 1.29 is 0 Å². The van der Waals surface area contributed by atoms with Gasteiger partial charge in [0.15, 0.2) is 15.5 Å². The summed E-state index contributed by atoms with van der Waals surface area (Å²) >= 11 is 0. The summed E-state index contributed by atoms with van der Waals surface area (Å²) in [4.78, 5) is 0. The summed E-state index contributed by atoms with van der Waals surface area (Å²) in [5.41, 5.74) is 0. The highest BCUT2D eigenvalue weighted by atomic mass is 29.3. The first-order valence-corrected chi connectivity index (χ1v) is 16.0. The van der Waals surface area contributed by atoms with Crippen LogP contribution in [0.3, 0.4) is 0 Å². The van der Waals surface area contributed by atoms with Crippen LogP contribution < -0.4 is 10.4 Å². The largest absolute Gasteiger partial charge is 0.321 e. The monoisotopic (exact) mass is 384 g/mol. The van der Waals surface area contributed by atoms with Gasteiger partial charge in [-0.05, 0) is 36.6 Å². The number of hydrogen-bond acceptors (Lipinski definition) is 2. The molecule has 0 aliphatic heterocycles. The van der Waals surface area contributed by atoms with E-state index in [1.807, 2.05) is 0 Å². The molecule has 0 radical (unpaired) electrons. The predicted molar refractivity (Wildman–Crippen MR) is 121 cm³/mol. The molecule has 26 heavy (non-hydrogen) atoms. The van der Waals surface area contributed by atoms with Gasteiger partial charge in [0.2, 0.25) is 0 Å². The van der Waals surface area contributed by atoms with Gasteiger partial charge in [-0.2, -0.15) is 0 Å². The molecule has 0 heterocycles. The minimum Gasteiger partial charge on any atom is -0.321 e. The third-order valence-corrected chi connectivity index (χ3v) is 24.3. The van der Waals surface area contributed by atoms with Gasteiger partial charge in [-0.1, -0.05) is 101 Å². The average molecular weight is 385 g/mol. The Morgan fingerprint density at radius 1 is 0.538 bits per heavy atom. The van der Waals surface area contributed by atoms with Crippen molar-refractivity contribution in [3.05, 3.63) is 60.7 Å². The van der Waals surface area contributed by atoms with E-state index in [2.05, 4.69) is 111 Å². The summed E-state index contributed by atoms with van der Waals surface area (Å²) in [6.07, 6.45) is 0. The molecule has 0 N–H and O–H groups in total. The van der Waals surface area contributed by atoms with E-state index in [1.165, 1.54) is 0 Å². The fraction of sp³-hybridized carbons (Fsp3) is 0.455. The van der Waals surface area contributed by atoms with Crippen molar-refractivity contribution in [1.29, 1.82) is 0 Å². The molecule has 2 rings (SSSR count). The van der Waals surface area contributed by atoms with Gasteiger partial charge in [0, 0.05) is 0 Å². The first kappa shape index (κ1) is 21.1. The van der Waals surface area contributed by atoms with Crippen molar-refractivity contribution in [2.45, 2.75) is 40.8 Å². The van der Waals surface area contributed by atoms with Crippen LogP contribution in [0.5, 0.6) is 0 Å². The number of hydrogen-bond donors (Lipinski definition) is 0. The van der Waals surface area contributed by atoms with Crippen molar-refractivity contribution in [1.82, 2.24) is 9.13 Å². The fourth-order valence-corrected chi connectivity index (χ4v) is 22.0. The summed E-state index contributed by atoms with van der Waals surface area (Å²) in [7, 11) is -3.91. The maximum Gasteiger partial charge on any atom is 0.169 e. The lowest BCUT2D eigenvalue weighted by Crippen LogP contribution is -2.85. The quantitative estimate of drug-likeness (QED) is 0.608. The summed E-state index contributed by atoms with van der Waals surface area (Å²) in [5.74, 6) is 0. The molecule has 0 bridgehead atoms. The van der Waals surface area contributed by atoms with E-state index in [-0.39, 0.29) is 0 Å². The Kier molecular flexibility index (Phi) is 7.41. The van der Waals surface area contributed by atoms with Gasteiger partial charge in [-0.3, -0.25) is 0 Å². The molecule has 0 aliphatic carbocycles. The zero-order chi connectivity index (χ0) is 19.2. The third-order valence-electron chi connectivity index (χ3n) is 6.41. The van der Waals surface area contributed by atoms with Gasteiger partial charge in [0.1, 0.15) is 0 Å². The van der Waals surface area contributed by atoms with Gasteiger partial charge in [-0.25, -0.2) is 0 Å². The van der Waals surface area contributed by atoms with E-state index in [1.54, 1.807) is 10.4 Å². The van der Waals surface area contributed by atoms with Crippen molar-refractivity contribution in [2.75, 3.05) is 26.2 Å². The number of nitrogens with zero attached hydrogens (tertiary/aromatic N) is 2. The van der Waals surface area contributed by atoms with Gasteiger partial charge in [0.25, 0.3) is 0 Å². The molecule has 2 aromatic carbocycles. The Balaban J connectivity index is 2.82. The molecular formula is C22H36N2Si2. The minimum atomic E-state index is -1.96.